The van der Waals surface area contributed by atoms with E-state index in [0.29, 0.717) is 12.1 Å². The first kappa shape index (κ1) is 23.5. The third-order valence-electron chi connectivity index (χ3n) is 5.85. The number of hydrogen-bond donors (Lipinski definition) is 1. The fraction of sp³-hybridized carbons (Fsp3) is 0.435. The molecule has 0 saturated carbocycles. The van der Waals surface area contributed by atoms with E-state index in [2.05, 4.69) is 19.2 Å². The molecule has 0 fully saturated rings. The van der Waals surface area contributed by atoms with E-state index in [0.717, 1.165) is 39.6 Å². The Morgan fingerprint density at radius 3 is 2.55 bits per heavy atom. The quantitative estimate of drug-likeness (QED) is 0.590. The van der Waals surface area contributed by atoms with Gasteiger partial charge in [-0.3, -0.25) is 9.10 Å². The van der Waals surface area contributed by atoms with Gasteiger partial charge >= 0.3 is 0 Å². The summed E-state index contributed by atoms with van der Waals surface area (Å²) in [6.45, 7) is 3.89. The summed E-state index contributed by atoms with van der Waals surface area (Å²) in [5, 5.41) is 3.07. The first-order valence-electron chi connectivity index (χ1n) is 10.4. The number of thioether (sulfide) groups is 1. The second kappa shape index (κ2) is 9.53. The second-order valence-corrected chi connectivity index (χ2v) is 10.6. The maximum absolute atomic E-state index is 13.0. The smallest absolute Gasteiger partial charge is 0.241 e. The number of nitrogens with one attached hydrogen (secondary N) is 1. The zero-order chi connectivity index (χ0) is 22.6. The van der Waals surface area contributed by atoms with E-state index < -0.39 is 10.0 Å². The molecule has 0 radical (unpaired) electrons. The number of hydrogen-bond acceptors (Lipinski definition) is 5. The summed E-state index contributed by atoms with van der Waals surface area (Å²) >= 11 is 1.52. The minimum absolute atomic E-state index is 0.240. The van der Waals surface area contributed by atoms with Crippen LogP contribution in [0.4, 0.5) is 5.69 Å². The summed E-state index contributed by atoms with van der Waals surface area (Å²) in [6.07, 6.45) is 5.33. The molecule has 0 aromatic heterocycles. The van der Waals surface area contributed by atoms with Crippen LogP contribution in [0.1, 0.15) is 44.7 Å². The van der Waals surface area contributed by atoms with Crippen LogP contribution in [-0.4, -0.2) is 39.0 Å². The number of carbonyl (C=O) groups excluding carboxylic acids is 1. The maximum atomic E-state index is 13.0. The van der Waals surface area contributed by atoms with Gasteiger partial charge in [0, 0.05) is 16.9 Å². The summed E-state index contributed by atoms with van der Waals surface area (Å²) < 4.78 is 32.4. The van der Waals surface area contributed by atoms with E-state index >= 15 is 0 Å². The van der Waals surface area contributed by atoms with Gasteiger partial charge in [0.1, 0.15) is 17.9 Å². The molecular formula is C23H30N2O4S2. The van der Waals surface area contributed by atoms with E-state index in [1.54, 1.807) is 18.2 Å². The highest BCUT2D eigenvalue weighted by atomic mass is 32.2. The number of amides is 1. The molecule has 8 heteroatoms. The summed E-state index contributed by atoms with van der Waals surface area (Å²) in [7, 11) is -3.63. The molecule has 0 saturated heterocycles. The number of fused-ring (bicyclic) bond motifs is 1. The van der Waals surface area contributed by atoms with Crippen LogP contribution < -0.4 is 14.4 Å². The molecule has 3 rings (SSSR count). The molecule has 1 N–H and O–H groups in total. The number of nitrogens with zero attached hydrogens (tertiary/aromatic N) is 1. The van der Waals surface area contributed by atoms with Crippen molar-refractivity contribution in [3.8, 4) is 5.75 Å². The first-order valence-corrected chi connectivity index (χ1v) is 13.5. The molecule has 0 bridgehead atoms. The van der Waals surface area contributed by atoms with E-state index in [-0.39, 0.29) is 24.1 Å². The molecule has 1 heterocycles. The van der Waals surface area contributed by atoms with Gasteiger partial charge in [-0.25, -0.2) is 8.42 Å². The summed E-state index contributed by atoms with van der Waals surface area (Å²) in [5.41, 5.74) is 1.05. The van der Waals surface area contributed by atoms with Crippen molar-refractivity contribution in [3.63, 3.8) is 0 Å². The number of benzene rings is 2. The molecule has 1 aliphatic rings. The van der Waals surface area contributed by atoms with Gasteiger partial charge in [0.25, 0.3) is 0 Å². The number of sulfonamides is 1. The summed E-state index contributed by atoms with van der Waals surface area (Å²) in [5.74, 6) is 0.429. The van der Waals surface area contributed by atoms with E-state index in [4.69, 9.17) is 4.74 Å². The Bertz CT molecular complexity index is 1040. The van der Waals surface area contributed by atoms with Crippen molar-refractivity contribution >= 4 is 33.4 Å². The number of ether oxygens (including phenoxy) is 1. The molecule has 168 valence electrons. The van der Waals surface area contributed by atoms with Crippen molar-refractivity contribution in [1.29, 1.82) is 0 Å². The van der Waals surface area contributed by atoms with Gasteiger partial charge in [-0.1, -0.05) is 38.1 Å². The summed E-state index contributed by atoms with van der Waals surface area (Å²) in [6, 6.07) is 14.7. The molecule has 1 aliphatic heterocycles. The normalized spacial score (nSPS) is 17.4. The standard InChI is InChI=1S/C23H30N2O4S2/c1-5-23(6-2)15-20(19-12-7-8-13-21(19)29-23)24-22(26)16-25(31(4,27)28)17-10-9-11-18(14-17)30-3/h7-14,20H,5-6,15-16H2,1-4H3,(H,24,26)/t20-/m0/s1. The van der Waals surface area contributed by atoms with Gasteiger partial charge in [0.15, 0.2) is 0 Å². The first-order chi connectivity index (χ1) is 14.7. The van der Waals surface area contributed by atoms with Crippen LogP contribution in [0.3, 0.4) is 0 Å². The Morgan fingerprint density at radius 2 is 1.90 bits per heavy atom. The molecule has 0 spiro atoms. The lowest BCUT2D eigenvalue weighted by atomic mass is 9.83. The van der Waals surface area contributed by atoms with Crippen molar-refractivity contribution in [3.05, 3.63) is 54.1 Å². The van der Waals surface area contributed by atoms with E-state index in [1.165, 1.54) is 11.8 Å². The largest absolute Gasteiger partial charge is 0.487 e. The predicted octanol–water partition coefficient (Wildman–Crippen LogP) is 4.37. The summed E-state index contributed by atoms with van der Waals surface area (Å²) in [4.78, 5) is 14.0. The molecule has 6 nitrogen and oxygen atoms in total. The minimum atomic E-state index is -3.63. The molecular weight excluding hydrogens is 432 g/mol. The SMILES string of the molecule is CCC1(CC)C[C@H](NC(=O)CN(c2cccc(SC)c2)S(C)(=O)=O)c2ccccc2O1. The van der Waals surface area contributed by atoms with Gasteiger partial charge in [-0.05, 0) is 43.4 Å². The van der Waals surface area contributed by atoms with Crippen molar-refractivity contribution in [2.24, 2.45) is 0 Å². The topological polar surface area (TPSA) is 75.7 Å². The van der Waals surface area contributed by atoms with Crippen molar-refractivity contribution in [2.45, 2.75) is 49.6 Å². The average Bonchev–Trinajstić information content (AvgIpc) is 2.76. The van der Waals surface area contributed by atoms with E-state index in [9.17, 15) is 13.2 Å². The van der Waals surface area contributed by atoms with Gasteiger partial charge < -0.3 is 10.1 Å². The van der Waals surface area contributed by atoms with E-state index in [1.807, 2.05) is 36.6 Å². The van der Waals surface area contributed by atoms with Crippen LogP contribution in [0.25, 0.3) is 0 Å². The molecule has 2 aromatic rings. The van der Waals surface area contributed by atoms with Crippen LogP contribution in [0.5, 0.6) is 5.75 Å². The number of rotatable bonds is 8. The fourth-order valence-corrected chi connectivity index (χ4v) is 5.27. The Hall–Kier alpha value is -2.19. The van der Waals surface area contributed by atoms with Crippen LogP contribution >= 0.6 is 11.8 Å². The molecule has 31 heavy (non-hydrogen) atoms. The van der Waals surface area contributed by atoms with Crippen molar-refractivity contribution in [2.75, 3.05) is 23.4 Å². The molecule has 0 unspecified atom stereocenters. The number of anilines is 1. The van der Waals surface area contributed by atoms with Crippen molar-refractivity contribution < 1.29 is 17.9 Å². The van der Waals surface area contributed by atoms with Crippen LogP contribution in [-0.2, 0) is 14.8 Å². The molecule has 1 atom stereocenters. The van der Waals surface area contributed by atoms with Crippen LogP contribution in [0.2, 0.25) is 0 Å². The fourth-order valence-electron chi connectivity index (χ4n) is 3.97. The molecule has 2 aromatic carbocycles. The number of para-hydroxylation sites is 1. The highest BCUT2D eigenvalue weighted by Gasteiger charge is 2.39. The van der Waals surface area contributed by atoms with Gasteiger partial charge in [-0.2, -0.15) is 0 Å². The molecule has 1 amide bonds. The number of carbonyl (C=O) groups is 1. The third-order valence-corrected chi connectivity index (χ3v) is 7.72. The lowest BCUT2D eigenvalue weighted by Crippen LogP contribution is -2.47. The Labute approximate surface area is 189 Å². The highest BCUT2D eigenvalue weighted by molar-refractivity contribution is 7.98. The van der Waals surface area contributed by atoms with Crippen LogP contribution in [0, 0.1) is 0 Å². The third kappa shape index (κ3) is 5.36. The van der Waals surface area contributed by atoms with Gasteiger partial charge in [-0.15, -0.1) is 11.8 Å². The predicted molar refractivity (Wildman–Crippen MR) is 126 cm³/mol. The van der Waals surface area contributed by atoms with Gasteiger partial charge in [0.05, 0.1) is 18.0 Å². The van der Waals surface area contributed by atoms with Gasteiger partial charge in [0.2, 0.25) is 15.9 Å². The van der Waals surface area contributed by atoms with Crippen LogP contribution in [0.15, 0.2) is 53.4 Å². The molecule has 0 aliphatic carbocycles. The Balaban J connectivity index is 1.85. The zero-order valence-electron chi connectivity index (χ0n) is 18.4. The average molecular weight is 463 g/mol. The minimum Gasteiger partial charge on any atom is -0.487 e. The highest BCUT2D eigenvalue weighted by Crippen LogP contribution is 2.42. The zero-order valence-corrected chi connectivity index (χ0v) is 20.1. The lowest BCUT2D eigenvalue weighted by Gasteiger charge is -2.41. The van der Waals surface area contributed by atoms with Crippen molar-refractivity contribution in [1.82, 2.24) is 5.32 Å². The Kier molecular flexibility index (Phi) is 7.21. The lowest BCUT2D eigenvalue weighted by molar-refractivity contribution is -0.121. The second-order valence-electron chi connectivity index (χ2n) is 7.83. The maximum Gasteiger partial charge on any atom is 0.241 e. The monoisotopic (exact) mass is 462 g/mol. The Morgan fingerprint density at radius 1 is 1.19 bits per heavy atom.